The number of carbonyl (C=O) groups is 2. The third kappa shape index (κ3) is 6.43. The van der Waals surface area contributed by atoms with E-state index in [-0.39, 0.29) is 31.2 Å². The predicted molar refractivity (Wildman–Crippen MR) is 76.1 cm³/mol. The number of carbonyl (C=O) groups excluding carboxylic acids is 1. The average Bonchev–Trinajstić information content (AvgIpc) is 2.44. The first-order valence-corrected chi connectivity index (χ1v) is 8.86. The number of ether oxygens (including phenoxy) is 1. The summed E-state index contributed by atoms with van der Waals surface area (Å²) < 4.78 is 30.7. The monoisotopic (exact) mass is 321 g/mol. The van der Waals surface area contributed by atoms with Crippen molar-refractivity contribution in [3.05, 3.63) is 0 Å². The van der Waals surface area contributed by atoms with Crippen molar-refractivity contribution in [3.63, 3.8) is 0 Å². The molecule has 0 aromatic carbocycles. The molecule has 7 nitrogen and oxygen atoms in total. The van der Waals surface area contributed by atoms with Gasteiger partial charge in [-0.1, -0.05) is 12.8 Å². The fraction of sp³-hybridized carbons (Fsp3) is 0.846. The molecule has 2 N–H and O–H groups in total. The predicted octanol–water partition coefficient (Wildman–Crippen LogP) is 0.750. The SMILES string of the molecule is CCOC(=O)CCS(=O)(=O)NCC1CCCCC1C(=O)O. The third-order valence-corrected chi connectivity index (χ3v) is 5.02. The van der Waals surface area contributed by atoms with E-state index in [4.69, 9.17) is 5.11 Å². The van der Waals surface area contributed by atoms with Gasteiger partial charge in [-0.15, -0.1) is 0 Å². The average molecular weight is 321 g/mol. The van der Waals surface area contributed by atoms with Crippen LogP contribution in [-0.2, 0) is 24.3 Å². The second kappa shape index (κ2) is 8.33. The minimum Gasteiger partial charge on any atom is -0.481 e. The summed E-state index contributed by atoms with van der Waals surface area (Å²) in [5.41, 5.74) is 0. The molecule has 2 atom stereocenters. The molecule has 21 heavy (non-hydrogen) atoms. The van der Waals surface area contributed by atoms with E-state index in [2.05, 4.69) is 9.46 Å². The van der Waals surface area contributed by atoms with Crippen LogP contribution in [0, 0.1) is 11.8 Å². The summed E-state index contributed by atoms with van der Waals surface area (Å²) >= 11 is 0. The molecule has 0 aliphatic heterocycles. The highest BCUT2D eigenvalue weighted by atomic mass is 32.2. The Balaban J connectivity index is 2.44. The number of rotatable bonds is 8. The number of sulfonamides is 1. The fourth-order valence-corrected chi connectivity index (χ4v) is 3.58. The molecule has 122 valence electrons. The molecular formula is C13H23NO6S. The summed E-state index contributed by atoms with van der Waals surface area (Å²) in [4.78, 5) is 22.3. The molecule has 1 saturated carbocycles. The smallest absolute Gasteiger partial charge is 0.306 e. The second-order valence-electron chi connectivity index (χ2n) is 5.21. The number of aliphatic carboxylic acids is 1. The van der Waals surface area contributed by atoms with Gasteiger partial charge in [-0.05, 0) is 25.7 Å². The Bertz CT molecular complexity index is 461. The molecule has 1 aliphatic carbocycles. The molecule has 1 aliphatic rings. The first-order chi connectivity index (χ1) is 9.85. The van der Waals surface area contributed by atoms with Gasteiger partial charge in [-0.2, -0.15) is 0 Å². The van der Waals surface area contributed by atoms with E-state index >= 15 is 0 Å². The number of hydrogen-bond acceptors (Lipinski definition) is 5. The van der Waals surface area contributed by atoms with E-state index in [0.717, 1.165) is 12.8 Å². The summed E-state index contributed by atoms with van der Waals surface area (Å²) in [6.07, 6.45) is 2.88. The number of carboxylic acids is 1. The van der Waals surface area contributed by atoms with Crippen LogP contribution in [0.2, 0.25) is 0 Å². The Labute approximate surface area is 125 Å². The second-order valence-corrected chi connectivity index (χ2v) is 7.14. The van der Waals surface area contributed by atoms with Gasteiger partial charge in [-0.3, -0.25) is 9.59 Å². The van der Waals surface area contributed by atoms with Crippen LogP contribution in [-0.4, -0.2) is 44.4 Å². The maximum absolute atomic E-state index is 11.8. The van der Waals surface area contributed by atoms with Crippen molar-refractivity contribution in [2.75, 3.05) is 18.9 Å². The van der Waals surface area contributed by atoms with E-state index in [1.807, 2.05) is 0 Å². The topological polar surface area (TPSA) is 110 Å². The van der Waals surface area contributed by atoms with Crippen molar-refractivity contribution in [1.82, 2.24) is 4.72 Å². The molecule has 0 amide bonds. The number of nitrogens with one attached hydrogen (secondary N) is 1. The maximum Gasteiger partial charge on any atom is 0.306 e. The molecule has 0 heterocycles. The van der Waals surface area contributed by atoms with Gasteiger partial charge in [0, 0.05) is 6.54 Å². The normalized spacial score (nSPS) is 22.7. The van der Waals surface area contributed by atoms with Crippen LogP contribution >= 0.6 is 0 Å². The van der Waals surface area contributed by atoms with Gasteiger partial charge in [0.1, 0.15) is 0 Å². The zero-order valence-electron chi connectivity index (χ0n) is 12.2. The Morgan fingerprint density at radius 3 is 2.57 bits per heavy atom. The van der Waals surface area contributed by atoms with Gasteiger partial charge in [0.05, 0.1) is 24.7 Å². The number of carboxylic acid groups (broad SMARTS) is 1. The van der Waals surface area contributed by atoms with E-state index < -0.39 is 27.9 Å². The number of esters is 1. The molecule has 0 saturated heterocycles. The van der Waals surface area contributed by atoms with Crippen molar-refractivity contribution < 1.29 is 27.9 Å². The first-order valence-electron chi connectivity index (χ1n) is 7.21. The zero-order chi connectivity index (χ0) is 15.9. The van der Waals surface area contributed by atoms with Crippen molar-refractivity contribution in [3.8, 4) is 0 Å². The zero-order valence-corrected chi connectivity index (χ0v) is 13.0. The van der Waals surface area contributed by atoms with Crippen molar-refractivity contribution in [1.29, 1.82) is 0 Å². The van der Waals surface area contributed by atoms with Gasteiger partial charge in [0.15, 0.2) is 0 Å². The summed E-state index contributed by atoms with van der Waals surface area (Å²) in [5, 5.41) is 9.13. The van der Waals surface area contributed by atoms with Gasteiger partial charge in [-0.25, -0.2) is 13.1 Å². The van der Waals surface area contributed by atoms with Gasteiger partial charge in [0.25, 0.3) is 0 Å². The lowest BCUT2D eigenvalue weighted by Crippen LogP contribution is -2.38. The van der Waals surface area contributed by atoms with Crippen LogP contribution in [0.1, 0.15) is 39.0 Å². The minimum atomic E-state index is -3.59. The van der Waals surface area contributed by atoms with Crippen LogP contribution in [0.15, 0.2) is 0 Å². The van der Waals surface area contributed by atoms with Crippen molar-refractivity contribution in [2.24, 2.45) is 11.8 Å². The Morgan fingerprint density at radius 2 is 1.95 bits per heavy atom. The number of hydrogen-bond donors (Lipinski definition) is 2. The summed E-state index contributed by atoms with van der Waals surface area (Å²) in [7, 11) is -3.59. The van der Waals surface area contributed by atoms with E-state index in [1.165, 1.54) is 0 Å². The molecule has 1 fully saturated rings. The highest BCUT2D eigenvalue weighted by Crippen LogP contribution is 2.29. The van der Waals surface area contributed by atoms with Gasteiger partial charge >= 0.3 is 11.9 Å². The molecule has 0 aromatic rings. The van der Waals surface area contributed by atoms with E-state index in [1.54, 1.807) is 6.92 Å². The Hall–Kier alpha value is -1.15. The lowest BCUT2D eigenvalue weighted by atomic mass is 9.79. The molecule has 2 unspecified atom stereocenters. The Morgan fingerprint density at radius 1 is 1.29 bits per heavy atom. The highest BCUT2D eigenvalue weighted by Gasteiger charge is 2.31. The van der Waals surface area contributed by atoms with Gasteiger partial charge in [0.2, 0.25) is 10.0 Å². The third-order valence-electron chi connectivity index (χ3n) is 3.67. The van der Waals surface area contributed by atoms with E-state index in [9.17, 15) is 18.0 Å². The summed E-state index contributed by atoms with van der Waals surface area (Å²) in [6.45, 7) is 1.98. The largest absolute Gasteiger partial charge is 0.481 e. The van der Waals surface area contributed by atoms with Crippen LogP contribution in [0.4, 0.5) is 0 Å². The maximum atomic E-state index is 11.8. The molecule has 0 bridgehead atoms. The Kier molecular flexibility index (Phi) is 7.10. The molecular weight excluding hydrogens is 298 g/mol. The van der Waals surface area contributed by atoms with Crippen LogP contribution in [0.3, 0.4) is 0 Å². The van der Waals surface area contributed by atoms with Crippen molar-refractivity contribution >= 4 is 22.0 Å². The van der Waals surface area contributed by atoms with Crippen LogP contribution < -0.4 is 4.72 Å². The standard InChI is InChI=1S/C13H23NO6S/c1-2-20-12(15)7-8-21(18,19)14-9-10-5-3-4-6-11(10)13(16)17/h10-11,14H,2-9H2,1H3,(H,16,17). The highest BCUT2D eigenvalue weighted by molar-refractivity contribution is 7.89. The van der Waals surface area contributed by atoms with Crippen molar-refractivity contribution in [2.45, 2.75) is 39.0 Å². The van der Waals surface area contributed by atoms with Gasteiger partial charge < -0.3 is 9.84 Å². The summed E-state index contributed by atoms with van der Waals surface area (Å²) in [6, 6.07) is 0. The molecule has 0 aromatic heterocycles. The van der Waals surface area contributed by atoms with Crippen LogP contribution in [0.5, 0.6) is 0 Å². The lowest BCUT2D eigenvalue weighted by molar-refractivity contribution is -0.145. The molecule has 0 radical (unpaired) electrons. The summed E-state index contributed by atoms with van der Waals surface area (Å²) in [5.74, 6) is -2.44. The quantitative estimate of drug-likeness (QED) is 0.638. The molecule has 8 heteroatoms. The first kappa shape index (κ1) is 17.9. The van der Waals surface area contributed by atoms with E-state index in [0.29, 0.717) is 12.8 Å². The fourth-order valence-electron chi connectivity index (χ4n) is 2.53. The molecule has 0 spiro atoms. The molecule has 1 rings (SSSR count). The lowest BCUT2D eigenvalue weighted by Gasteiger charge is -2.28. The van der Waals surface area contributed by atoms with Crippen LogP contribution in [0.25, 0.3) is 0 Å². The minimum absolute atomic E-state index is 0.113.